The summed E-state index contributed by atoms with van der Waals surface area (Å²) in [6.45, 7) is 0. The third-order valence-electron chi connectivity index (χ3n) is 1.11. The van der Waals surface area contributed by atoms with Gasteiger partial charge in [0.1, 0.15) is 16.2 Å². The summed E-state index contributed by atoms with van der Waals surface area (Å²) >= 11 is 5.62. The van der Waals surface area contributed by atoms with E-state index in [0.29, 0.717) is 5.15 Å². The fourth-order valence-corrected chi connectivity index (χ4v) is 0.873. The summed E-state index contributed by atoms with van der Waals surface area (Å²) in [5.41, 5.74) is 1.52. The van der Waals surface area contributed by atoms with Crippen LogP contribution in [0.5, 0.6) is 0 Å². The standard InChI is InChI=1S/C4H3ClN4/c5-4-3-2(7-9-4)1-6-8-3/h1H,(H,6,8)(H,7,9). The van der Waals surface area contributed by atoms with Gasteiger partial charge in [0, 0.05) is 0 Å². The molecule has 5 heteroatoms. The molecule has 0 atom stereocenters. The number of hydrogen-bond donors (Lipinski definition) is 2. The van der Waals surface area contributed by atoms with Crippen molar-refractivity contribution in [1.29, 1.82) is 0 Å². The van der Waals surface area contributed by atoms with Crippen molar-refractivity contribution < 1.29 is 0 Å². The van der Waals surface area contributed by atoms with Crippen molar-refractivity contribution in [1.82, 2.24) is 20.4 Å². The number of fused-ring (bicyclic) bond motifs is 1. The maximum absolute atomic E-state index is 5.62. The zero-order valence-electron chi connectivity index (χ0n) is 4.35. The maximum atomic E-state index is 5.62. The van der Waals surface area contributed by atoms with Crippen molar-refractivity contribution in [3.63, 3.8) is 0 Å². The summed E-state index contributed by atoms with van der Waals surface area (Å²) in [6, 6.07) is 0. The number of hydrogen-bond acceptors (Lipinski definition) is 2. The Bertz CT molecular complexity index is 322. The number of rotatable bonds is 0. The van der Waals surface area contributed by atoms with Gasteiger partial charge in [0.2, 0.25) is 0 Å². The van der Waals surface area contributed by atoms with Crippen molar-refractivity contribution >= 4 is 22.6 Å². The second-order valence-electron chi connectivity index (χ2n) is 1.67. The van der Waals surface area contributed by atoms with Crippen molar-refractivity contribution in [3.05, 3.63) is 11.3 Å². The van der Waals surface area contributed by atoms with E-state index in [1.807, 2.05) is 0 Å². The summed E-state index contributed by atoms with van der Waals surface area (Å²) in [5, 5.41) is 13.4. The highest BCUT2D eigenvalue weighted by Crippen LogP contribution is 2.15. The number of aromatic nitrogens is 4. The monoisotopic (exact) mass is 142 g/mol. The molecular weight excluding hydrogens is 140 g/mol. The van der Waals surface area contributed by atoms with Crippen LogP contribution < -0.4 is 0 Å². The van der Waals surface area contributed by atoms with E-state index in [9.17, 15) is 0 Å². The molecule has 0 bridgehead atoms. The van der Waals surface area contributed by atoms with Crippen molar-refractivity contribution in [2.75, 3.05) is 0 Å². The number of nitrogens with zero attached hydrogens (tertiary/aromatic N) is 2. The van der Waals surface area contributed by atoms with Crippen LogP contribution in [0.25, 0.3) is 11.0 Å². The lowest BCUT2D eigenvalue weighted by Crippen LogP contribution is -1.67. The lowest BCUT2D eigenvalue weighted by atomic mass is 10.5. The normalized spacial score (nSPS) is 10.8. The van der Waals surface area contributed by atoms with Gasteiger partial charge in [-0.05, 0) is 0 Å². The number of halogens is 1. The maximum Gasteiger partial charge on any atom is 0.150 e. The zero-order valence-corrected chi connectivity index (χ0v) is 5.11. The van der Waals surface area contributed by atoms with Gasteiger partial charge in [0.25, 0.3) is 0 Å². The van der Waals surface area contributed by atoms with Gasteiger partial charge in [-0.3, -0.25) is 10.2 Å². The van der Waals surface area contributed by atoms with Crippen molar-refractivity contribution in [2.24, 2.45) is 0 Å². The third kappa shape index (κ3) is 0.533. The van der Waals surface area contributed by atoms with E-state index in [1.54, 1.807) is 6.20 Å². The highest BCUT2D eigenvalue weighted by atomic mass is 35.5. The van der Waals surface area contributed by atoms with Gasteiger partial charge in [0.15, 0.2) is 0 Å². The van der Waals surface area contributed by atoms with Crippen LogP contribution in [0.15, 0.2) is 6.20 Å². The molecule has 2 N–H and O–H groups in total. The SMILES string of the molecule is Clc1[nH]nc2cn[nH]c12. The van der Waals surface area contributed by atoms with E-state index in [0.717, 1.165) is 11.0 Å². The molecule has 0 spiro atoms. The van der Waals surface area contributed by atoms with E-state index < -0.39 is 0 Å². The molecule has 0 aliphatic heterocycles. The molecular formula is C4H3ClN4. The minimum absolute atomic E-state index is 0.502. The van der Waals surface area contributed by atoms with Gasteiger partial charge in [-0.25, -0.2) is 0 Å². The van der Waals surface area contributed by atoms with Crippen molar-refractivity contribution in [3.8, 4) is 0 Å². The van der Waals surface area contributed by atoms with Crippen LogP contribution in [0.2, 0.25) is 5.15 Å². The van der Waals surface area contributed by atoms with Gasteiger partial charge in [-0.2, -0.15) is 10.2 Å². The van der Waals surface area contributed by atoms with Crippen LogP contribution in [0, 0.1) is 0 Å². The molecule has 9 heavy (non-hydrogen) atoms. The third-order valence-corrected chi connectivity index (χ3v) is 1.39. The van der Waals surface area contributed by atoms with Crippen LogP contribution >= 0.6 is 11.6 Å². The largest absolute Gasteiger partial charge is 0.273 e. The molecule has 2 aromatic heterocycles. The molecule has 0 unspecified atom stereocenters. The molecule has 0 aromatic carbocycles. The summed E-state index contributed by atoms with van der Waals surface area (Å²) in [5.74, 6) is 0. The first-order valence-corrected chi connectivity index (χ1v) is 2.78. The lowest BCUT2D eigenvalue weighted by molar-refractivity contribution is 1.07. The Hall–Kier alpha value is -1.03. The predicted molar refractivity (Wildman–Crippen MR) is 33.2 cm³/mol. The first-order valence-electron chi connectivity index (χ1n) is 2.41. The molecule has 46 valence electrons. The van der Waals surface area contributed by atoms with Crippen LogP contribution in [0.1, 0.15) is 0 Å². The zero-order chi connectivity index (χ0) is 6.27. The number of aromatic amines is 2. The lowest BCUT2D eigenvalue weighted by Gasteiger charge is -1.73. The van der Waals surface area contributed by atoms with Gasteiger partial charge in [0.05, 0.1) is 6.20 Å². The van der Waals surface area contributed by atoms with Crippen LogP contribution in [0.3, 0.4) is 0 Å². The van der Waals surface area contributed by atoms with Gasteiger partial charge < -0.3 is 0 Å². The topological polar surface area (TPSA) is 57.4 Å². The Kier molecular flexibility index (Phi) is 0.790. The van der Waals surface area contributed by atoms with Crippen LogP contribution in [0.4, 0.5) is 0 Å². The number of H-pyrrole nitrogens is 2. The molecule has 2 heterocycles. The van der Waals surface area contributed by atoms with E-state index in [2.05, 4.69) is 20.4 Å². The fourth-order valence-electron chi connectivity index (χ4n) is 0.691. The Morgan fingerprint density at radius 3 is 3.11 bits per heavy atom. The first-order chi connectivity index (χ1) is 4.38. The number of nitrogens with one attached hydrogen (secondary N) is 2. The van der Waals surface area contributed by atoms with E-state index in [1.165, 1.54) is 0 Å². The highest BCUT2D eigenvalue weighted by Gasteiger charge is 2.01. The fraction of sp³-hybridized carbons (Fsp3) is 0. The Labute approximate surface area is 55.2 Å². The molecule has 4 nitrogen and oxygen atoms in total. The van der Waals surface area contributed by atoms with E-state index in [-0.39, 0.29) is 0 Å². The average Bonchev–Trinajstić information content (AvgIpc) is 2.35. The minimum Gasteiger partial charge on any atom is -0.273 e. The Balaban J connectivity index is 2.99. The molecule has 0 aliphatic rings. The van der Waals surface area contributed by atoms with Gasteiger partial charge in [-0.15, -0.1) is 0 Å². The Morgan fingerprint density at radius 1 is 1.44 bits per heavy atom. The molecule has 0 aliphatic carbocycles. The first kappa shape index (κ1) is 4.81. The molecule has 0 radical (unpaired) electrons. The predicted octanol–water partition coefficient (Wildman–Crippen LogP) is 0.939. The second-order valence-corrected chi connectivity index (χ2v) is 2.05. The highest BCUT2D eigenvalue weighted by molar-refractivity contribution is 6.33. The minimum atomic E-state index is 0.502. The Morgan fingerprint density at radius 2 is 2.33 bits per heavy atom. The molecule has 0 amide bonds. The summed E-state index contributed by atoms with van der Waals surface area (Å²) < 4.78 is 0. The molecule has 0 fully saturated rings. The quantitative estimate of drug-likeness (QED) is 0.575. The average molecular weight is 143 g/mol. The molecule has 0 saturated heterocycles. The molecule has 2 aromatic rings. The van der Waals surface area contributed by atoms with Gasteiger partial charge in [-0.1, -0.05) is 11.6 Å². The smallest absolute Gasteiger partial charge is 0.150 e. The van der Waals surface area contributed by atoms with Crippen LogP contribution in [-0.2, 0) is 0 Å². The second kappa shape index (κ2) is 1.48. The molecule has 2 rings (SSSR count). The molecule has 0 saturated carbocycles. The van der Waals surface area contributed by atoms with E-state index >= 15 is 0 Å². The van der Waals surface area contributed by atoms with Crippen LogP contribution in [-0.4, -0.2) is 20.4 Å². The van der Waals surface area contributed by atoms with Gasteiger partial charge >= 0.3 is 0 Å². The summed E-state index contributed by atoms with van der Waals surface area (Å²) in [6.07, 6.45) is 1.61. The van der Waals surface area contributed by atoms with Crippen molar-refractivity contribution in [2.45, 2.75) is 0 Å². The van der Waals surface area contributed by atoms with E-state index in [4.69, 9.17) is 11.6 Å². The summed E-state index contributed by atoms with van der Waals surface area (Å²) in [7, 11) is 0. The summed E-state index contributed by atoms with van der Waals surface area (Å²) in [4.78, 5) is 0.